The second-order valence-electron chi connectivity index (χ2n) is 3.55. The van der Waals surface area contributed by atoms with Gasteiger partial charge in [-0.1, -0.05) is 11.8 Å². The molecule has 0 fully saturated rings. The highest BCUT2D eigenvalue weighted by molar-refractivity contribution is 5.98. The fourth-order valence-electron chi connectivity index (χ4n) is 1.30. The van der Waals surface area contributed by atoms with Crippen molar-refractivity contribution in [3.63, 3.8) is 0 Å². The van der Waals surface area contributed by atoms with Gasteiger partial charge in [0.15, 0.2) is 0 Å². The maximum Gasteiger partial charge on any atom is 0.253 e. The number of benzene rings is 1. The van der Waals surface area contributed by atoms with Crippen LogP contribution in [0.3, 0.4) is 0 Å². The highest BCUT2D eigenvalue weighted by atomic mass is 19.1. The summed E-state index contributed by atoms with van der Waals surface area (Å²) in [7, 11) is 1.45. The Hall–Kier alpha value is -2.39. The predicted octanol–water partition coefficient (Wildman–Crippen LogP) is -0.388. The Bertz CT molecular complexity index is 547. The third-order valence-corrected chi connectivity index (χ3v) is 2.24. The summed E-state index contributed by atoms with van der Waals surface area (Å²) in [5.74, 6) is 3.81. The van der Waals surface area contributed by atoms with E-state index in [9.17, 15) is 14.0 Å². The Morgan fingerprint density at radius 1 is 1.42 bits per heavy atom. The van der Waals surface area contributed by atoms with Crippen molar-refractivity contribution in [1.29, 1.82) is 0 Å². The first kappa shape index (κ1) is 14.7. The van der Waals surface area contributed by atoms with Gasteiger partial charge in [-0.2, -0.15) is 0 Å². The van der Waals surface area contributed by atoms with Gasteiger partial charge in [0.1, 0.15) is 5.82 Å². The standard InChI is InChI=1S/C13H14FN3O2/c1-16-12(18)8-17-13(19)11-7-10(14)5-4-9(11)3-2-6-15/h4-5,7H,6,8,15H2,1H3,(H,16,18)(H,17,19). The average Bonchev–Trinajstić information content (AvgIpc) is 2.42. The molecule has 0 aliphatic heterocycles. The van der Waals surface area contributed by atoms with Crippen molar-refractivity contribution in [2.45, 2.75) is 0 Å². The molecule has 4 N–H and O–H groups in total. The van der Waals surface area contributed by atoms with Crippen molar-refractivity contribution in [2.24, 2.45) is 5.73 Å². The lowest BCUT2D eigenvalue weighted by Crippen LogP contribution is -2.35. The van der Waals surface area contributed by atoms with Crippen molar-refractivity contribution in [2.75, 3.05) is 20.1 Å². The highest BCUT2D eigenvalue weighted by Gasteiger charge is 2.12. The van der Waals surface area contributed by atoms with Crippen LogP contribution in [0.1, 0.15) is 15.9 Å². The summed E-state index contributed by atoms with van der Waals surface area (Å²) < 4.78 is 13.2. The van der Waals surface area contributed by atoms with Crippen LogP contribution in [0.15, 0.2) is 18.2 Å². The zero-order chi connectivity index (χ0) is 14.3. The minimum absolute atomic E-state index is 0.0739. The summed E-state index contributed by atoms with van der Waals surface area (Å²) in [5.41, 5.74) is 5.68. The molecule has 0 aliphatic rings. The molecule has 0 bridgehead atoms. The average molecular weight is 263 g/mol. The highest BCUT2D eigenvalue weighted by Crippen LogP contribution is 2.10. The quantitative estimate of drug-likeness (QED) is 0.649. The van der Waals surface area contributed by atoms with E-state index in [0.29, 0.717) is 5.56 Å². The van der Waals surface area contributed by atoms with Gasteiger partial charge < -0.3 is 16.4 Å². The number of hydrogen-bond acceptors (Lipinski definition) is 3. The van der Waals surface area contributed by atoms with E-state index in [1.54, 1.807) is 0 Å². The van der Waals surface area contributed by atoms with Gasteiger partial charge in [-0.05, 0) is 18.2 Å². The third kappa shape index (κ3) is 4.41. The van der Waals surface area contributed by atoms with Gasteiger partial charge in [-0.3, -0.25) is 9.59 Å². The van der Waals surface area contributed by atoms with E-state index in [1.165, 1.54) is 19.2 Å². The van der Waals surface area contributed by atoms with E-state index in [1.807, 2.05) is 0 Å². The molecule has 0 saturated carbocycles. The monoisotopic (exact) mass is 263 g/mol. The number of rotatable bonds is 3. The summed E-state index contributed by atoms with van der Waals surface area (Å²) in [5, 5.41) is 4.74. The fraction of sp³-hybridized carbons (Fsp3) is 0.231. The van der Waals surface area contributed by atoms with E-state index < -0.39 is 11.7 Å². The zero-order valence-corrected chi connectivity index (χ0v) is 10.4. The second-order valence-corrected chi connectivity index (χ2v) is 3.55. The van der Waals surface area contributed by atoms with Crippen LogP contribution in [0.25, 0.3) is 0 Å². The molecular formula is C13H14FN3O2. The first-order valence-corrected chi connectivity index (χ1v) is 5.55. The summed E-state index contributed by atoms with van der Waals surface area (Å²) in [6, 6.07) is 3.67. The van der Waals surface area contributed by atoms with Crippen LogP contribution in [0, 0.1) is 17.7 Å². The molecule has 1 aromatic rings. The molecule has 19 heavy (non-hydrogen) atoms. The molecule has 0 saturated heterocycles. The van der Waals surface area contributed by atoms with Gasteiger partial charge in [0.05, 0.1) is 18.7 Å². The van der Waals surface area contributed by atoms with E-state index >= 15 is 0 Å². The summed E-state index contributed by atoms with van der Waals surface area (Å²) in [6.45, 7) is -0.0493. The number of amides is 2. The van der Waals surface area contributed by atoms with E-state index in [-0.39, 0.29) is 24.6 Å². The van der Waals surface area contributed by atoms with Crippen molar-refractivity contribution in [3.8, 4) is 11.8 Å². The van der Waals surface area contributed by atoms with Crippen LogP contribution in [0.5, 0.6) is 0 Å². The van der Waals surface area contributed by atoms with Crippen molar-refractivity contribution in [3.05, 3.63) is 35.1 Å². The zero-order valence-electron chi connectivity index (χ0n) is 10.4. The molecular weight excluding hydrogens is 249 g/mol. The summed E-state index contributed by atoms with van der Waals surface area (Å²) in [6.07, 6.45) is 0. The lowest BCUT2D eigenvalue weighted by Gasteiger charge is -2.06. The van der Waals surface area contributed by atoms with E-state index in [4.69, 9.17) is 5.73 Å². The van der Waals surface area contributed by atoms with Crippen LogP contribution >= 0.6 is 0 Å². The van der Waals surface area contributed by atoms with Crippen LogP contribution in [-0.4, -0.2) is 32.0 Å². The van der Waals surface area contributed by atoms with Gasteiger partial charge in [-0.25, -0.2) is 4.39 Å². The fourth-order valence-corrected chi connectivity index (χ4v) is 1.30. The molecule has 0 radical (unpaired) electrons. The predicted molar refractivity (Wildman–Crippen MR) is 68.7 cm³/mol. The number of halogens is 1. The lowest BCUT2D eigenvalue weighted by molar-refractivity contribution is -0.119. The van der Waals surface area contributed by atoms with Gasteiger partial charge in [0.25, 0.3) is 5.91 Å². The van der Waals surface area contributed by atoms with E-state index in [2.05, 4.69) is 22.5 Å². The van der Waals surface area contributed by atoms with E-state index in [0.717, 1.165) is 6.07 Å². The van der Waals surface area contributed by atoms with Crippen molar-refractivity contribution < 1.29 is 14.0 Å². The first-order valence-electron chi connectivity index (χ1n) is 5.55. The molecule has 6 heteroatoms. The number of hydrogen-bond donors (Lipinski definition) is 3. The number of carbonyl (C=O) groups is 2. The topological polar surface area (TPSA) is 84.2 Å². The summed E-state index contributed by atoms with van der Waals surface area (Å²) >= 11 is 0. The molecule has 0 aromatic heterocycles. The largest absolute Gasteiger partial charge is 0.358 e. The van der Waals surface area contributed by atoms with Gasteiger partial charge in [0.2, 0.25) is 5.91 Å². The summed E-state index contributed by atoms with van der Waals surface area (Å²) in [4.78, 5) is 22.9. The van der Waals surface area contributed by atoms with Crippen LogP contribution in [-0.2, 0) is 4.79 Å². The van der Waals surface area contributed by atoms with Crippen LogP contribution in [0.4, 0.5) is 4.39 Å². The molecule has 5 nitrogen and oxygen atoms in total. The molecule has 0 aliphatic carbocycles. The normalized spacial score (nSPS) is 9.21. The Kier molecular flexibility index (Phi) is 5.51. The molecule has 1 rings (SSSR count). The molecule has 0 heterocycles. The lowest BCUT2D eigenvalue weighted by atomic mass is 10.1. The van der Waals surface area contributed by atoms with Gasteiger partial charge in [-0.15, -0.1) is 0 Å². The van der Waals surface area contributed by atoms with Crippen LogP contribution in [0.2, 0.25) is 0 Å². The van der Waals surface area contributed by atoms with Crippen molar-refractivity contribution in [1.82, 2.24) is 10.6 Å². The minimum atomic E-state index is -0.565. The number of nitrogens with one attached hydrogen (secondary N) is 2. The number of carbonyl (C=O) groups excluding carboxylic acids is 2. The molecule has 0 unspecified atom stereocenters. The third-order valence-electron chi connectivity index (χ3n) is 2.24. The maximum atomic E-state index is 13.2. The number of likely N-dealkylation sites (N-methyl/N-ethyl adjacent to an activating group) is 1. The second kappa shape index (κ2) is 7.13. The van der Waals surface area contributed by atoms with Crippen LogP contribution < -0.4 is 16.4 Å². The molecule has 0 spiro atoms. The number of nitrogens with two attached hydrogens (primary N) is 1. The van der Waals surface area contributed by atoms with Gasteiger partial charge in [0, 0.05) is 12.6 Å². The van der Waals surface area contributed by atoms with Crippen molar-refractivity contribution >= 4 is 11.8 Å². The molecule has 100 valence electrons. The maximum absolute atomic E-state index is 13.2. The van der Waals surface area contributed by atoms with Gasteiger partial charge >= 0.3 is 0 Å². The smallest absolute Gasteiger partial charge is 0.253 e. The molecule has 1 aromatic carbocycles. The molecule has 0 atom stereocenters. The Labute approximate surface area is 110 Å². The minimum Gasteiger partial charge on any atom is -0.358 e. The molecule has 2 amide bonds. The SMILES string of the molecule is CNC(=O)CNC(=O)c1cc(F)ccc1C#CCN. The Balaban J connectivity index is 2.94. The Morgan fingerprint density at radius 3 is 2.79 bits per heavy atom. The first-order chi connectivity index (χ1) is 9.08. The Morgan fingerprint density at radius 2 is 2.16 bits per heavy atom.